The highest BCUT2D eigenvalue weighted by Crippen LogP contribution is 2.29. The molecule has 0 unspecified atom stereocenters. The fraction of sp³-hybridized carbons (Fsp3) is 0.160. The molecule has 4 rings (SSSR count). The first-order valence-corrected chi connectivity index (χ1v) is 11.4. The molecule has 2 aromatic carbocycles. The standard InChI is InChI=1S/C25H21BrFN3O2S/c1-13-5-6-14(2)22(9-13)30-24(32)19(23(31)28-25(30)33)11-17-10-15(3)29(16(17)4)21-8-7-18(26)12-20(21)27/h5-12H,1-4H3,(H,28,31,33)/b19-11+. The molecule has 8 heteroatoms. The molecular weight excluding hydrogens is 505 g/mol. The Morgan fingerprint density at radius 2 is 1.73 bits per heavy atom. The second-order valence-electron chi connectivity index (χ2n) is 8.01. The van der Waals surface area contributed by atoms with Crippen LogP contribution >= 0.6 is 28.1 Å². The van der Waals surface area contributed by atoms with E-state index in [1.54, 1.807) is 16.7 Å². The van der Waals surface area contributed by atoms with E-state index in [9.17, 15) is 14.0 Å². The maximum Gasteiger partial charge on any atom is 0.270 e. The van der Waals surface area contributed by atoms with Gasteiger partial charge in [-0.2, -0.15) is 0 Å². The molecule has 0 atom stereocenters. The number of hydrogen-bond acceptors (Lipinski definition) is 3. The van der Waals surface area contributed by atoms with Crippen molar-refractivity contribution in [1.82, 2.24) is 9.88 Å². The van der Waals surface area contributed by atoms with Gasteiger partial charge in [-0.15, -0.1) is 0 Å². The van der Waals surface area contributed by atoms with Gasteiger partial charge in [-0.05, 0) is 93.0 Å². The molecule has 3 aromatic rings. The van der Waals surface area contributed by atoms with E-state index in [0.29, 0.717) is 27.1 Å². The first-order valence-electron chi connectivity index (χ1n) is 10.2. The van der Waals surface area contributed by atoms with Gasteiger partial charge in [-0.25, -0.2) is 4.39 Å². The number of anilines is 1. The van der Waals surface area contributed by atoms with Crippen LogP contribution in [0.3, 0.4) is 0 Å². The third kappa shape index (κ3) is 4.16. The Kier molecular flexibility index (Phi) is 6.07. The topological polar surface area (TPSA) is 54.3 Å². The highest BCUT2D eigenvalue weighted by Gasteiger charge is 2.35. The molecule has 0 radical (unpaired) electrons. The molecule has 1 fully saturated rings. The maximum atomic E-state index is 14.6. The molecule has 168 valence electrons. The smallest absolute Gasteiger partial charge is 0.270 e. The lowest BCUT2D eigenvalue weighted by atomic mass is 10.0. The van der Waals surface area contributed by atoms with Gasteiger partial charge in [-0.3, -0.25) is 19.8 Å². The van der Waals surface area contributed by atoms with E-state index in [1.165, 1.54) is 17.0 Å². The van der Waals surface area contributed by atoms with Gasteiger partial charge in [0.05, 0.1) is 11.4 Å². The molecule has 2 amide bonds. The number of carbonyl (C=O) groups excluding carboxylic acids is 2. The minimum absolute atomic E-state index is 0.0401. The van der Waals surface area contributed by atoms with Crippen LogP contribution in [-0.2, 0) is 9.59 Å². The minimum Gasteiger partial charge on any atom is -0.315 e. The largest absolute Gasteiger partial charge is 0.315 e. The molecule has 1 aliphatic heterocycles. The lowest BCUT2D eigenvalue weighted by Crippen LogP contribution is -2.54. The molecule has 2 heterocycles. The Hall–Kier alpha value is -3.10. The van der Waals surface area contributed by atoms with E-state index in [-0.39, 0.29) is 16.5 Å². The van der Waals surface area contributed by atoms with Crippen LogP contribution < -0.4 is 10.2 Å². The van der Waals surface area contributed by atoms with Gasteiger partial charge in [0.15, 0.2) is 5.11 Å². The molecule has 0 aliphatic carbocycles. The number of thiocarbonyl (C=S) groups is 1. The van der Waals surface area contributed by atoms with Crippen molar-refractivity contribution in [2.45, 2.75) is 27.7 Å². The Morgan fingerprint density at radius 3 is 2.42 bits per heavy atom. The van der Waals surface area contributed by atoms with Crippen molar-refractivity contribution in [3.05, 3.63) is 86.4 Å². The lowest BCUT2D eigenvalue weighted by Gasteiger charge is -2.30. The number of nitrogens with zero attached hydrogens (tertiary/aromatic N) is 2. The molecular formula is C25H21BrFN3O2S. The first kappa shape index (κ1) is 23.1. The zero-order valence-corrected chi connectivity index (χ0v) is 20.9. The van der Waals surface area contributed by atoms with Crippen molar-refractivity contribution >= 4 is 56.8 Å². The third-order valence-corrected chi connectivity index (χ3v) is 6.41. The predicted octanol–water partition coefficient (Wildman–Crippen LogP) is 5.44. The van der Waals surface area contributed by atoms with Crippen molar-refractivity contribution in [1.29, 1.82) is 0 Å². The Bertz CT molecular complexity index is 1380. The highest BCUT2D eigenvalue weighted by atomic mass is 79.9. The molecule has 5 nitrogen and oxygen atoms in total. The summed E-state index contributed by atoms with van der Waals surface area (Å²) in [5.41, 5.74) is 4.90. The van der Waals surface area contributed by atoms with E-state index >= 15 is 0 Å². The number of nitrogens with one attached hydrogen (secondary N) is 1. The summed E-state index contributed by atoms with van der Waals surface area (Å²) in [5.74, 6) is -1.45. The highest BCUT2D eigenvalue weighted by molar-refractivity contribution is 9.10. The van der Waals surface area contributed by atoms with E-state index in [0.717, 1.165) is 16.8 Å². The van der Waals surface area contributed by atoms with Crippen LogP contribution in [0.1, 0.15) is 28.1 Å². The van der Waals surface area contributed by atoms with Crippen molar-refractivity contribution in [3.8, 4) is 5.69 Å². The van der Waals surface area contributed by atoms with E-state index in [1.807, 2.05) is 52.0 Å². The fourth-order valence-corrected chi connectivity index (χ4v) is 4.57. The number of benzene rings is 2. The average molecular weight is 526 g/mol. The van der Waals surface area contributed by atoms with Crippen LogP contribution in [-0.4, -0.2) is 21.5 Å². The van der Waals surface area contributed by atoms with E-state index < -0.39 is 11.8 Å². The van der Waals surface area contributed by atoms with Gasteiger partial charge < -0.3 is 4.57 Å². The SMILES string of the molecule is Cc1ccc(C)c(N2C(=O)/C(=C/c3cc(C)n(-c4ccc(Br)cc4F)c3C)C(=O)NC2=S)c1. The zero-order valence-electron chi connectivity index (χ0n) is 18.5. The van der Waals surface area contributed by atoms with Crippen LogP contribution in [0.4, 0.5) is 10.1 Å². The van der Waals surface area contributed by atoms with Gasteiger partial charge in [0.1, 0.15) is 11.4 Å². The van der Waals surface area contributed by atoms with E-state index in [2.05, 4.69) is 21.2 Å². The molecule has 33 heavy (non-hydrogen) atoms. The quantitative estimate of drug-likeness (QED) is 0.281. The Labute approximate surface area is 205 Å². The normalized spacial score (nSPS) is 15.4. The second kappa shape index (κ2) is 8.68. The summed E-state index contributed by atoms with van der Waals surface area (Å²) in [5, 5.41) is 2.66. The Balaban J connectivity index is 1.80. The van der Waals surface area contributed by atoms with Crippen LogP contribution in [0.2, 0.25) is 0 Å². The Morgan fingerprint density at radius 1 is 1.00 bits per heavy atom. The fourth-order valence-electron chi connectivity index (χ4n) is 3.96. The van der Waals surface area contributed by atoms with Gasteiger partial charge in [0, 0.05) is 15.9 Å². The summed E-state index contributed by atoms with van der Waals surface area (Å²) in [6.45, 7) is 7.46. The van der Waals surface area contributed by atoms with Crippen molar-refractivity contribution in [3.63, 3.8) is 0 Å². The van der Waals surface area contributed by atoms with Crippen LogP contribution in [0, 0.1) is 33.5 Å². The third-order valence-electron chi connectivity index (χ3n) is 5.63. The molecule has 1 aromatic heterocycles. The summed E-state index contributed by atoms with van der Waals surface area (Å²) in [6, 6.07) is 12.4. The summed E-state index contributed by atoms with van der Waals surface area (Å²) >= 11 is 8.59. The molecule has 0 bridgehead atoms. The lowest BCUT2D eigenvalue weighted by molar-refractivity contribution is -0.122. The van der Waals surface area contributed by atoms with E-state index in [4.69, 9.17) is 12.2 Å². The van der Waals surface area contributed by atoms with Crippen molar-refractivity contribution in [2.24, 2.45) is 0 Å². The van der Waals surface area contributed by atoms with Gasteiger partial charge in [0.25, 0.3) is 11.8 Å². The summed E-state index contributed by atoms with van der Waals surface area (Å²) < 4.78 is 17.0. The molecule has 0 saturated carbocycles. The summed E-state index contributed by atoms with van der Waals surface area (Å²) in [6.07, 6.45) is 1.53. The zero-order chi connectivity index (χ0) is 24.0. The number of halogens is 2. The van der Waals surface area contributed by atoms with Crippen molar-refractivity contribution < 1.29 is 14.0 Å². The number of hydrogen-bond donors (Lipinski definition) is 1. The predicted molar refractivity (Wildman–Crippen MR) is 135 cm³/mol. The minimum atomic E-state index is -0.564. The second-order valence-corrected chi connectivity index (χ2v) is 9.31. The number of amides is 2. The van der Waals surface area contributed by atoms with Crippen LogP contribution in [0.15, 0.2) is 52.5 Å². The van der Waals surface area contributed by atoms with Crippen molar-refractivity contribution in [2.75, 3.05) is 4.90 Å². The summed E-state index contributed by atoms with van der Waals surface area (Å²) in [4.78, 5) is 27.5. The molecule has 1 saturated heterocycles. The van der Waals surface area contributed by atoms with Crippen LogP contribution in [0.25, 0.3) is 11.8 Å². The summed E-state index contributed by atoms with van der Waals surface area (Å²) in [7, 11) is 0. The number of rotatable bonds is 3. The monoisotopic (exact) mass is 525 g/mol. The molecule has 1 N–H and O–H groups in total. The van der Waals surface area contributed by atoms with Crippen LogP contribution in [0.5, 0.6) is 0 Å². The first-order chi connectivity index (χ1) is 15.6. The van der Waals surface area contributed by atoms with Gasteiger partial charge in [-0.1, -0.05) is 28.1 Å². The number of aromatic nitrogens is 1. The molecule has 1 aliphatic rings. The number of carbonyl (C=O) groups is 2. The molecule has 0 spiro atoms. The number of aryl methyl sites for hydroxylation is 3. The average Bonchev–Trinajstić information content (AvgIpc) is 3.01. The van der Waals surface area contributed by atoms with Gasteiger partial charge in [0.2, 0.25) is 0 Å². The maximum absolute atomic E-state index is 14.6. The van der Waals surface area contributed by atoms with Gasteiger partial charge >= 0.3 is 0 Å².